The van der Waals surface area contributed by atoms with Crippen LogP contribution in [0, 0.1) is 0 Å². The first kappa shape index (κ1) is 16.3. The highest BCUT2D eigenvalue weighted by Gasteiger charge is 2.25. The van der Waals surface area contributed by atoms with Gasteiger partial charge in [-0.2, -0.15) is 5.10 Å². The zero-order chi connectivity index (χ0) is 17.8. The van der Waals surface area contributed by atoms with Crippen molar-refractivity contribution < 1.29 is 4.79 Å². The van der Waals surface area contributed by atoms with Gasteiger partial charge in [-0.15, -0.1) is 0 Å². The average molecular weight is 347 g/mol. The molecule has 0 unspecified atom stereocenters. The van der Waals surface area contributed by atoms with Gasteiger partial charge in [0.15, 0.2) is 5.82 Å². The summed E-state index contributed by atoms with van der Waals surface area (Å²) in [6.07, 6.45) is 7.35. The van der Waals surface area contributed by atoms with Crippen molar-refractivity contribution in [3.63, 3.8) is 0 Å². The van der Waals surface area contributed by atoms with Gasteiger partial charge in [0.2, 0.25) is 0 Å². The van der Waals surface area contributed by atoms with Crippen LogP contribution in [-0.2, 0) is 19.4 Å². The predicted molar refractivity (Wildman–Crippen MR) is 100 cm³/mol. The van der Waals surface area contributed by atoms with Crippen molar-refractivity contribution in [2.45, 2.75) is 25.3 Å². The number of hydrogen-bond donors (Lipinski definition) is 2. The number of hydrogen-bond acceptors (Lipinski definition) is 3. The summed E-state index contributed by atoms with van der Waals surface area (Å²) in [5, 5.41) is 10.1. The molecule has 0 saturated heterocycles. The molecule has 2 aromatic heterocycles. The van der Waals surface area contributed by atoms with Gasteiger partial charge in [-0.25, -0.2) is 4.79 Å². The smallest absolute Gasteiger partial charge is 0.320 e. The third-order valence-corrected chi connectivity index (χ3v) is 4.73. The van der Waals surface area contributed by atoms with Gasteiger partial charge in [0, 0.05) is 43.7 Å². The average Bonchev–Trinajstić information content (AvgIpc) is 3.09. The number of nitrogens with zero attached hydrogens (tertiary/aromatic N) is 3. The highest BCUT2D eigenvalue weighted by molar-refractivity contribution is 5.88. The molecule has 0 spiro atoms. The first-order chi connectivity index (χ1) is 12.8. The lowest BCUT2D eigenvalue weighted by atomic mass is 9.78. The van der Waals surface area contributed by atoms with Gasteiger partial charge in [0.05, 0.1) is 0 Å². The summed E-state index contributed by atoms with van der Waals surface area (Å²) in [4.78, 5) is 16.1. The molecule has 26 heavy (non-hydrogen) atoms. The van der Waals surface area contributed by atoms with E-state index < -0.39 is 0 Å². The lowest BCUT2D eigenvalue weighted by molar-refractivity contribution is 0.251. The molecule has 1 aliphatic rings. The van der Waals surface area contributed by atoms with Crippen molar-refractivity contribution in [3.05, 3.63) is 77.7 Å². The molecule has 0 saturated carbocycles. The molecule has 0 fully saturated rings. The number of nitrogens with one attached hydrogen (secondary N) is 2. The number of carbonyl (C=O) groups is 1. The van der Waals surface area contributed by atoms with E-state index in [0.717, 1.165) is 19.4 Å². The van der Waals surface area contributed by atoms with Gasteiger partial charge in [0.25, 0.3) is 0 Å². The lowest BCUT2D eigenvalue weighted by Crippen LogP contribution is -2.35. The Kier molecular flexibility index (Phi) is 4.64. The second-order valence-electron chi connectivity index (χ2n) is 6.50. The van der Waals surface area contributed by atoms with Gasteiger partial charge in [-0.1, -0.05) is 24.3 Å². The molecule has 1 aromatic carbocycles. The minimum atomic E-state index is -0.214. The van der Waals surface area contributed by atoms with Crippen molar-refractivity contribution in [3.8, 4) is 0 Å². The van der Waals surface area contributed by atoms with E-state index in [2.05, 4.69) is 38.9 Å². The second-order valence-corrected chi connectivity index (χ2v) is 6.50. The number of anilines is 1. The summed E-state index contributed by atoms with van der Waals surface area (Å²) < 4.78 is 1.83. The van der Waals surface area contributed by atoms with Crippen molar-refractivity contribution in [2.24, 2.45) is 0 Å². The minimum absolute atomic E-state index is 0.214. The standard InChI is InChI=1S/C20H21N5O/c26-20(22-14-17-13-16-3-1-2-4-18(16)17)23-19-8-12-25(24-19)11-7-15-5-9-21-10-6-15/h1-6,8-10,12,17H,7,11,13-14H2,(H2,22,23,24,26)/t17-/m0/s1. The summed E-state index contributed by atoms with van der Waals surface area (Å²) >= 11 is 0. The number of aryl methyl sites for hydroxylation is 2. The lowest BCUT2D eigenvalue weighted by Gasteiger charge is -2.30. The van der Waals surface area contributed by atoms with E-state index in [9.17, 15) is 4.79 Å². The van der Waals surface area contributed by atoms with Crippen LogP contribution in [-0.4, -0.2) is 27.3 Å². The molecule has 2 heterocycles. The van der Waals surface area contributed by atoms with Crippen LogP contribution in [0.2, 0.25) is 0 Å². The summed E-state index contributed by atoms with van der Waals surface area (Å²) in [6, 6.07) is 14.0. The Morgan fingerprint density at radius 3 is 2.85 bits per heavy atom. The molecule has 1 aliphatic carbocycles. The monoisotopic (exact) mass is 347 g/mol. The summed E-state index contributed by atoms with van der Waals surface area (Å²) in [5.74, 6) is 0.973. The SMILES string of the molecule is O=C(NC[C@@H]1Cc2ccccc21)Nc1ccn(CCc2ccncc2)n1. The largest absolute Gasteiger partial charge is 0.337 e. The maximum absolute atomic E-state index is 12.1. The third-order valence-electron chi connectivity index (χ3n) is 4.73. The van der Waals surface area contributed by atoms with E-state index in [-0.39, 0.29) is 6.03 Å². The molecule has 2 amide bonds. The van der Waals surface area contributed by atoms with Crippen LogP contribution in [0.1, 0.15) is 22.6 Å². The van der Waals surface area contributed by atoms with Crippen molar-refractivity contribution in [2.75, 3.05) is 11.9 Å². The third kappa shape index (κ3) is 3.74. The molecular weight excluding hydrogens is 326 g/mol. The summed E-state index contributed by atoms with van der Waals surface area (Å²) in [5.41, 5.74) is 3.93. The number of benzene rings is 1. The minimum Gasteiger partial charge on any atom is -0.337 e. The molecule has 132 valence electrons. The highest BCUT2D eigenvalue weighted by atomic mass is 16.2. The van der Waals surface area contributed by atoms with Gasteiger partial charge in [0.1, 0.15) is 0 Å². The molecule has 0 aliphatic heterocycles. The number of rotatable bonds is 6. The highest BCUT2D eigenvalue weighted by Crippen LogP contribution is 2.33. The van der Waals surface area contributed by atoms with Gasteiger partial charge in [-0.3, -0.25) is 15.0 Å². The Labute approximate surface area is 152 Å². The Balaban J connectivity index is 1.23. The van der Waals surface area contributed by atoms with E-state index in [1.807, 2.05) is 35.1 Å². The number of pyridine rings is 1. The van der Waals surface area contributed by atoms with E-state index in [1.54, 1.807) is 12.4 Å². The number of aromatic nitrogens is 3. The van der Waals surface area contributed by atoms with Gasteiger partial charge in [-0.05, 0) is 41.7 Å². The maximum Gasteiger partial charge on any atom is 0.320 e. The molecular formula is C20H21N5O. The van der Waals surface area contributed by atoms with Crippen LogP contribution in [0.3, 0.4) is 0 Å². The Morgan fingerprint density at radius 1 is 1.15 bits per heavy atom. The van der Waals surface area contributed by atoms with Gasteiger partial charge < -0.3 is 5.32 Å². The van der Waals surface area contributed by atoms with E-state index in [1.165, 1.54) is 16.7 Å². The van der Waals surface area contributed by atoms with Crippen LogP contribution in [0.4, 0.5) is 10.6 Å². The van der Waals surface area contributed by atoms with Crippen LogP contribution in [0.15, 0.2) is 61.1 Å². The van der Waals surface area contributed by atoms with E-state index >= 15 is 0 Å². The van der Waals surface area contributed by atoms with Crippen molar-refractivity contribution >= 4 is 11.8 Å². The first-order valence-electron chi connectivity index (χ1n) is 8.83. The Bertz CT molecular complexity index is 890. The number of fused-ring (bicyclic) bond motifs is 1. The molecule has 0 radical (unpaired) electrons. The maximum atomic E-state index is 12.1. The van der Waals surface area contributed by atoms with Crippen molar-refractivity contribution in [1.82, 2.24) is 20.1 Å². The molecule has 3 aromatic rings. The van der Waals surface area contributed by atoms with Crippen LogP contribution in [0.25, 0.3) is 0 Å². The fourth-order valence-electron chi connectivity index (χ4n) is 3.27. The van der Waals surface area contributed by atoms with Crippen LogP contribution < -0.4 is 10.6 Å². The zero-order valence-corrected chi connectivity index (χ0v) is 14.4. The molecule has 1 atom stereocenters. The van der Waals surface area contributed by atoms with Gasteiger partial charge >= 0.3 is 6.03 Å². The first-order valence-corrected chi connectivity index (χ1v) is 8.83. The Hall–Kier alpha value is -3.15. The fraction of sp³-hybridized carbons (Fsp3) is 0.250. The number of urea groups is 1. The molecule has 6 heteroatoms. The van der Waals surface area contributed by atoms with Crippen LogP contribution >= 0.6 is 0 Å². The number of amides is 2. The Morgan fingerprint density at radius 2 is 2.00 bits per heavy atom. The second kappa shape index (κ2) is 7.39. The molecule has 6 nitrogen and oxygen atoms in total. The predicted octanol–water partition coefficient (Wildman–Crippen LogP) is 2.98. The van der Waals surface area contributed by atoms with E-state index in [0.29, 0.717) is 18.3 Å². The molecule has 4 rings (SSSR count). The summed E-state index contributed by atoms with van der Waals surface area (Å²) in [6.45, 7) is 1.40. The molecule has 0 bridgehead atoms. The van der Waals surface area contributed by atoms with Crippen LogP contribution in [0.5, 0.6) is 0 Å². The molecule has 2 N–H and O–H groups in total. The topological polar surface area (TPSA) is 71.8 Å². The summed E-state index contributed by atoms with van der Waals surface area (Å²) in [7, 11) is 0. The van der Waals surface area contributed by atoms with E-state index in [4.69, 9.17) is 0 Å². The van der Waals surface area contributed by atoms with Crippen molar-refractivity contribution in [1.29, 1.82) is 0 Å². The zero-order valence-electron chi connectivity index (χ0n) is 14.4. The number of carbonyl (C=O) groups excluding carboxylic acids is 1. The quantitative estimate of drug-likeness (QED) is 0.720. The normalized spacial score (nSPS) is 15.0. The fourth-order valence-corrected chi connectivity index (χ4v) is 3.27.